The minimum atomic E-state index is -2.74. The van der Waals surface area contributed by atoms with Gasteiger partial charge in [0.25, 0.3) is 5.92 Å². The van der Waals surface area contributed by atoms with Gasteiger partial charge < -0.3 is 9.47 Å². The van der Waals surface area contributed by atoms with E-state index in [-0.39, 0.29) is 6.42 Å². The third-order valence-corrected chi connectivity index (χ3v) is 4.05. The van der Waals surface area contributed by atoms with Gasteiger partial charge in [0.1, 0.15) is 18.1 Å². The fourth-order valence-corrected chi connectivity index (χ4v) is 2.73. The van der Waals surface area contributed by atoms with Crippen molar-refractivity contribution in [2.75, 3.05) is 0 Å². The molecule has 1 saturated carbocycles. The zero-order chi connectivity index (χ0) is 16.1. The monoisotopic (exact) mass is 318 g/mol. The Morgan fingerprint density at radius 2 is 1.61 bits per heavy atom. The molecule has 3 rings (SSSR count). The van der Waals surface area contributed by atoms with E-state index in [1.54, 1.807) is 24.3 Å². The minimum Gasteiger partial charge on any atom is -0.489 e. The van der Waals surface area contributed by atoms with Crippen LogP contribution in [0.3, 0.4) is 0 Å². The minimum absolute atomic E-state index is 0.0874. The lowest BCUT2D eigenvalue weighted by atomic mass is 9.94. The summed E-state index contributed by atoms with van der Waals surface area (Å²) in [6.45, 7) is 0.474. The molecule has 2 nitrogen and oxygen atoms in total. The molecule has 1 atom stereocenters. The Morgan fingerprint density at radius 3 is 2.30 bits per heavy atom. The molecule has 122 valence electrons. The Kier molecular flexibility index (Phi) is 4.79. The van der Waals surface area contributed by atoms with Crippen molar-refractivity contribution in [1.82, 2.24) is 0 Å². The van der Waals surface area contributed by atoms with Crippen LogP contribution in [-0.4, -0.2) is 12.0 Å². The highest BCUT2D eigenvalue weighted by Gasteiger charge is 2.43. The average Bonchev–Trinajstić information content (AvgIpc) is 2.57. The summed E-state index contributed by atoms with van der Waals surface area (Å²) in [7, 11) is 0. The van der Waals surface area contributed by atoms with Gasteiger partial charge in [-0.2, -0.15) is 0 Å². The van der Waals surface area contributed by atoms with Gasteiger partial charge in [0, 0.05) is 6.42 Å². The highest BCUT2D eigenvalue weighted by molar-refractivity contribution is 5.32. The van der Waals surface area contributed by atoms with Crippen molar-refractivity contribution >= 4 is 0 Å². The van der Waals surface area contributed by atoms with Gasteiger partial charge in [-0.3, -0.25) is 0 Å². The van der Waals surface area contributed by atoms with Gasteiger partial charge in [0.2, 0.25) is 0 Å². The van der Waals surface area contributed by atoms with Crippen LogP contribution in [0.25, 0.3) is 0 Å². The smallest absolute Gasteiger partial charge is 0.284 e. The van der Waals surface area contributed by atoms with Crippen LogP contribution >= 0.6 is 0 Å². The van der Waals surface area contributed by atoms with Crippen LogP contribution in [0.1, 0.15) is 31.2 Å². The van der Waals surface area contributed by atoms with Gasteiger partial charge in [0.15, 0.2) is 6.10 Å². The van der Waals surface area contributed by atoms with E-state index in [0.29, 0.717) is 30.9 Å². The Morgan fingerprint density at radius 1 is 0.913 bits per heavy atom. The molecular formula is C19H20F2O2. The van der Waals surface area contributed by atoms with Crippen molar-refractivity contribution in [1.29, 1.82) is 0 Å². The van der Waals surface area contributed by atoms with Gasteiger partial charge in [-0.05, 0) is 49.1 Å². The SMILES string of the molecule is FC1(F)CCCC[C@H]1Oc1ccc(OCc2ccccc2)cc1. The molecule has 0 spiro atoms. The zero-order valence-corrected chi connectivity index (χ0v) is 12.9. The second kappa shape index (κ2) is 6.99. The summed E-state index contributed by atoms with van der Waals surface area (Å²) >= 11 is 0. The van der Waals surface area contributed by atoms with E-state index in [1.807, 2.05) is 30.3 Å². The zero-order valence-electron chi connectivity index (χ0n) is 12.9. The first-order valence-electron chi connectivity index (χ1n) is 7.95. The van der Waals surface area contributed by atoms with Gasteiger partial charge in [0.05, 0.1) is 0 Å². The molecule has 1 fully saturated rings. The standard InChI is InChI=1S/C19H20F2O2/c20-19(21)13-5-4-8-18(19)23-17-11-9-16(10-12-17)22-14-15-6-2-1-3-7-15/h1-3,6-7,9-12,18H,4-5,8,13-14H2/t18-/m1/s1. The summed E-state index contributed by atoms with van der Waals surface area (Å²) in [4.78, 5) is 0. The predicted octanol–water partition coefficient (Wildman–Crippen LogP) is 5.22. The van der Waals surface area contributed by atoms with Gasteiger partial charge in [-0.1, -0.05) is 30.3 Å². The fourth-order valence-electron chi connectivity index (χ4n) is 2.73. The molecule has 0 radical (unpaired) electrons. The average molecular weight is 318 g/mol. The first-order valence-corrected chi connectivity index (χ1v) is 7.95. The van der Waals surface area contributed by atoms with Gasteiger partial charge >= 0.3 is 0 Å². The number of hydrogen-bond donors (Lipinski definition) is 0. The normalized spacial score (nSPS) is 20.0. The summed E-state index contributed by atoms with van der Waals surface area (Å²) in [5, 5.41) is 0. The second-order valence-corrected chi connectivity index (χ2v) is 5.86. The molecule has 0 aromatic heterocycles. The highest BCUT2D eigenvalue weighted by atomic mass is 19.3. The Hall–Kier alpha value is -2.10. The van der Waals surface area contributed by atoms with Crippen molar-refractivity contribution < 1.29 is 18.3 Å². The van der Waals surface area contributed by atoms with Crippen LogP contribution in [0.4, 0.5) is 8.78 Å². The van der Waals surface area contributed by atoms with E-state index in [4.69, 9.17) is 9.47 Å². The maximum atomic E-state index is 13.8. The molecule has 0 bridgehead atoms. The number of ether oxygens (including phenoxy) is 2. The van der Waals surface area contributed by atoms with Crippen LogP contribution in [0.15, 0.2) is 54.6 Å². The third kappa shape index (κ3) is 4.21. The van der Waals surface area contributed by atoms with Crippen molar-refractivity contribution in [2.24, 2.45) is 0 Å². The van der Waals surface area contributed by atoms with E-state index in [9.17, 15) is 8.78 Å². The molecule has 2 aromatic rings. The topological polar surface area (TPSA) is 18.5 Å². The van der Waals surface area contributed by atoms with Crippen molar-refractivity contribution in [2.45, 2.75) is 44.3 Å². The van der Waals surface area contributed by atoms with Crippen LogP contribution in [-0.2, 0) is 6.61 Å². The Labute approximate surface area is 135 Å². The lowest BCUT2D eigenvalue weighted by Gasteiger charge is -2.31. The highest BCUT2D eigenvalue weighted by Crippen LogP contribution is 2.36. The van der Waals surface area contributed by atoms with Crippen LogP contribution < -0.4 is 9.47 Å². The molecule has 2 aromatic carbocycles. The second-order valence-electron chi connectivity index (χ2n) is 5.86. The van der Waals surface area contributed by atoms with Crippen LogP contribution in [0, 0.1) is 0 Å². The molecule has 0 unspecified atom stereocenters. The number of rotatable bonds is 5. The lowest BCUT2D eigenvalue weighted by Crippen LogP contribution is -2.40. The molecular weight excluding hydrogens is 298 g/mol. The quantitative estimate of drug-likeness (QED) is 0.752. The summed E-state index contributed by atoms with van der Waals surface area (Å²) < 4.78 is 38.7. The maximum Gasteiger partial charge on any atom is 0.284 e. The van der Waals surface area contributed by atoms with Crippen molar-refractivity contribution in [3.8, 4) is 11.5 Å². The molecule has 1 aliphatic rings. The maximum absolute atomic E-state index is 13.8. The first kappa shape index (κ1) is 15.8. The van der Waals surface area contributed by atoms with Gasteiger partial charge in [-0.25, -0.2) is 8.78 Å². The molecule has 0 saturated heterocycles. The lowest BCUT2D eigenvalue weighted by molar-refractivity contribution is -0.119. The van der Waals surface area contributed by atoms with Gasteiger partial charge in [-0.15, -0.1) is 0 Å². The summed E-state index contributed by atoms with van der Waals surface area (Å²) in [5.41, 5.74) is 1.08. The van der Waals surface area contributed by atoms with E-state index in [0.717, 1.165) is 12.0 Å². The van der Waals surface area contributed by atoms with Crippen LogP contribution in [0.2, 0.25) is 0 Å². The van der Waals surface area contributed by atoms with Crippen LogP contribution in [0.5, 0.6) is 11.5 Å². The predicted molar refractivity (Wildman–Crippen MR) is 85.0 cm³/mol. The van der Waals surface area contributed by atoms with E-state index in [1.165, 1.54) is 0 Å². The Balaban J connectivity index is 1.56. The molecule has 0 heterocycles. The number of hydrogen-bond acceptors (Lipinski definition) is 2. The summed E-state index contributed by atoms with van der Waals surface area (Å²) in [6, 6.07) is 16.7. The van der Waals surface area contributed by atoms with Crippen molar-refractivity contribution in [3.63, 3.8) is 0 Å². The number of alkyl halides is 2. The Bertz CT molecular complexity index is 611. The number of halogens is 2. The van der Waals surface area contributed by atoms with E-state index in [2.05, 4.69) is 0 Å². The first-order chi connectivity index (χ1) is 11.1. The molecule has 1 aliphatic carbocycles. The van der Waals surface area contributed by atoms with E-state index >= 15 is 0 Å². The van der Waals surface area contributed by atoms with Crippen molar-refractivity contribution in [3.05, 3.63) is 60.2 Å². The molecule has 0 amide bonds. The molecule has 23 heavy (non-hydrogen) atoms. The van der Waals surface area contributed by atoms with E-state index < -0.39 is 12.0 Å². The fraction of sp³-hybridized carbons (Fsp3) is 0.368. The summed E-state index contributed by atoms with van der Waals surface area (Å²) in [5.74, 6) is -1.58. The summed E-state index contributed by atoms with van der Waals surface area (Å²) in [6.07, 6.45) is 0.652. The third-order valence-electron chi connectivity index (χ3n) is 4.05. The molecule has 0 N–H and O–H groups in total. The largest absolute Gasteiger partial charge is 0.489 e. The molecule has 4 heteroatoms. The molecule has 0 aliphatic heterocycles. The number of benzene rings is 2.